The predicted molar refractivity (Wildman–Crippen MR) is 87.8 cm³/mol. The van der Waals surface area contributed by atoms with Gasteiger partial charge < -0.3 is 4.98 Å². The van der Waals surface area contributed by atoms with E-state index in [1.54, 1.807) is 12.1 Å². The average Bonchev–Trinajstić information content (AvgIpc) is 2.92. The fraction of sp³-hybridized carbons (Fsp3) is 0.0588. The van der Waals surface area contributed by atoms with E-state index in [-0.39, 0.29) is 0 Å². The highest BCUT2D eigenvalue weighted by Crippen LogP contribution is 2.37. The van der Waals surface area contributed by atoms with Crippen LogP contribution in [0.4, 0.5) is 13.2 Å². The van der Waals surface area contributed by atoms with E-state index in [9.17, 15) is 22.8 Å². The summed E-state index contributed by atoms with van der Waals surface area (Å²) in [6, 6.07) is 12.1. The first-order chi connectivity index (χ1) is 11.4. The molecule has 0 fully saturated rings. The summed E-state index contributed by atoms with van der Waals surface area (Å²) in [4.78, 5) is 25.9. The van der Waals surface area contributed by atoms with Crippen molar-refractivity contribution >= 4 is 48.2 Å². The van der Waals surface area contributed by atoms with Gasteiger partial charge in [0, 0.05) is 20.9 Å². The maximum absolute atomic E-state index is 12.6. The summed E-state index contributed by atoms with van der Waals surface area (Å²) >= 11 is 1.44. The van der Waals surface area contributed by atoms with Crippen molar-refractivity contribution in [1.82, 2.24) is 4.98 Å². The van der Waals surface area contributed by atoms with Crippen LogP contribution in [0.5, 0.6) is 0 Å². The highest BCUT2D eigenvalue weighted by Gasteiger charge is 2.40. The van der Waals surface area contributed by atoms with Crippen LogP contribution in [0.15, 0.2) is 47.3 Å². The third-order valence-corrected chi connectivity index (χ3v) is 5.07. The van der Waals surface area contributed by atoms with Crippen LogP contribution in [0.2, 0.25) is 0 Å². The molecule has 2 heterocycles. The molecule has 0 aliphatic heterocycles. The monoisotopic (exact) mass is 347 g/mol. The van der Waals surface area contributed by atoms with Gasteiger partial charge in [0.1, 0.15) is 0 Å². The number of carbonyl (C=O) groups is 1. The quantitative estimate of drug-likeness (QED) is 0.510. The van der Waals surface area contributed by atoms with Gasteiger partial charge in [-0.1, -0.05) is 30.3 Å². The lowest BCUT2D eigenvalue weighted by Crippen LogP contribution is -2.29. The van der Waals surface area contributed by atoms with E-state index in [0.717, 1.165) is 26.2 Å². The Bertz CT molecular complexity index is 1190. The number of nitrogens with one attached hydrogen (secondary N) is 1. The number of thiophene rings is 1. The Labute approximate surface area is 136 Å². The van der Waals surface area contributed by atoms with Crippen LogP contribution in [0.25, 0.3) is 31.1 Å². The van der Waals surface area contributed by atoms with Crippen LogP contribution < -0.4 is 5.56 Å². The number of Topliss-reactive ketones (excluding diaryl/α,β-unsaturated/α-hetero) is 1. The zero-order valence-corrected chi connectivity index (χ0v) is 12.7. The number of halogens is 3. The van der Waals surface area contributed by atoms with Crippen molar-refractivity contribution in [2.75, 3.05) is 0 Å². The van der Waals surface area contributed by atoms with Gasteiger partial charge in [0.05, 0.1) is 15.8 Å². The first kappa shape index (κ1) is 14.9. The number of aromatic amines is 1. The van der Waals surface area contributed by atoms with Gasteiger partial charge >= 0.3 is 6.18 Å². The van der Waals surface area contributed by atoms with Crippen LogP contribution in [0, 0.1) is 0 Å². The summed E-state index contributed by atoms with van der Waals surface area (Å²) in [5.74, 6) is -2.14. The van der Waals surface area contributed by atoms with Crippen molar-refractivity contribution in [3.63, 3.8) is 0 Å². The molecule has 0 amide bonds. The van der Waals surface area contributed by atoms with Crippen LogP contribution in [0.3, 0.4) is 0 Å². The van der Waals surface area contributed by atoms with Crippen LogP contribution >= 0.6 is 11.3 Å². The first-order valence-corrected chi connectivity index (χ1v) is 7.77. The zero-order valence-electron chi connectivity index (χ0n) is 11.9. The Hall–Kier alpha value is -2.67. The number of hydrogen-bond donors (Lipinski definition) is 1. The van der Waals surface area contributed by atoms with Gasteiger partial charge in [0.15, 0.2) is 0 Å². The normalized spacial score (nSPS) is 12.3. The predicted octanol–water partition coefficient (Wildman–Crippen LogP) is 4.64. The molecule has 0 aliphatic carbocycles. The van der Waals surface area contributed by atoms with Gasteiger partial charge in [-0.2, -0.15) is 13.2 Å². The number of pyridine rings is 1. The second kappa shape index (κ2) is 4.91. The first-order valence-electron chi connectivity index (χ1n) is 6.95. The maximum atomic E-state index is 12.6. The highest BCUT2D eigenvalue weighted by molar-refractivity contribution is 7.26. The third-order valence-electron chi connectivity index (χ3n) is 3.86. The topological polar surface area (TPSA) is 49.9 Å². The van der Waals surface area contributed by atoms with Crippen LogP contribution in [-0.4, -0.2) is 16.9 Å². The SMILES string of the molecule is O=C(c1cc2ccc3c4ccccc4sc3c2[nH]c1=O)C(F)(F)F. The maximum Gasteiger partial charge on any atom is 0.455 e. The molecule has 0 aliphatic rings. The highest BCUT2D eigenvalue weighted by atomic mass is 32.1. The standard InChI is InChI=1S/C17H8F3NO2S/c18-17(19,20)15(22)11-7-8-5-6-10-9-3-1-2-4-12(9)24-14(10)13(8)21-16(11)23/h1-7H,(H,21,23). The third kappa shape index (κ3) is 2.12. The summed E-state index contributed by atoms with van der Waals surface area (Å²) in [7, 11) is 0. The minimum Gasteiger partial charge on any atom is -0.320 e. The van der Waals surface area contributed by atoms with E-state index in [1.807, 2.05) is 24.3 Å². The fourth-order valence-electron chi connectivity index (χ4n) is 2.78. The van der Waals surface area contributed by atoms with Gasteiger partial charge in [-0.05, 0) is 12.1 Å². The second-order valence-corrected chi connectivity index (χ2v) is 6.40. The van der Waals surface area contributed by atoms with Gasteiger partial charge in [0.2, 0.25) is 0 Å². The van der Waals surface area contributed by atoms with E-state index in [4.69, 9.17) is 0 Å². The van der Waals surface area contributed by atoms with Crippen molar-refractivity contribution in [2.24, 2.45) is 0 Å². The molecule has 2 aromatic carbocycles. The molecule has 1 N–H and O–H groups in total. The number of hydrogen-bond acceptors (Lipinski definition) is 3. The smallest absolute Gasteiger partial charge is 0.320 e. The number of fused-ring (bicyclic) bond motifs is 5. The molecule has 7 heteroatoms. The summed E-state index contributed by atoms with van der Waals surface area (Å²) in [6.07, 6.45) is -5.08. The van der Waals surface area contributed by atoms with Crippen LogP contribution in [0.1, 0.15) is 10.4 Å². The van der Waals surface area contributed by atoms with Gasteiger partial charge in [-0.15, -0.1) is 11.3 Å². The molecule has 4 rings (SSSR count). The van der Waals surface area contributed by atoms with E-state index in [0.29, 0.717) is 10.9 Å². The Kier molecular flexibility index (Phi) is 3.05. The number of aromatic nitrogens is 1. The molecule has 0 saturated carbocycles. The number of benzene rings is 2. The molecule has 0 spiro atoms. The van der Waals surface area contributed by atoms with Crippen molar-refractivity contribution in [1.29, 1.82) is 0 Å². The number of H-pyrrole nitrogens is 1. The second-order valence-electron chi connectivity index (χ2n) is 5.34. The van der Waals surface area contributed by atoms with Crippen molar-refractivity contribution in [3.8, 4) is 0 Å². The molecule has 0 unspecified atom stereocenters. The zero-order chi connectivity index (χ0) is 17.1. The number of rotatable bonds is 1. The lowest BCUT2D eigenvalue weighted by Gasteiger charge is -2.06. The molecule has 0 radical (unpaired) electrons. The average molecular weight is 347 g/mol. The summed E-state index contributed by atoms with van der Waals surface area (Å²) in [6.45, 7) is 0. The minimum absolute atomic E-state index is 0.390. The summed E-state index contributed by atoms with van der Waals surface area (Å²) < 4.78 is 39.6. The largest absolute Gasteiger partial charge is 0.455 e. The molecular weight excluding hydrogens is 339 g/mol. The van der Waals surface area contributed by atoms with Gasteiger partial charge in [-0.3, -0.25) is 9.59 Å². The van der Waals surface area contributed by atoms with E-state index >= 15 is 0 Å². The van der Waals surface area contributed by atoms with E-state index < -0.39 is 23.1 Å². The summed E-state index contributed by atoms with van der Waals surface area (Å²) in [5.41, 5.74) is -1.48. The molecule has 0 atom stereocenters. The molecule has 4 aromatic rings. The number of ketones is 1. The molecule has 120 valence electrons. The van der Waals surface area contributed by atoms with Crippen molar-refractivity contribution in [3.05, 3.63) is 58.4 Å². The van der Waals surface area contributed by atoms with Crippen LogP contribution in [-0.2, 0) is 0 Å². The Morgan fingerprint density at radius 2 is 1.79 bits per heavy atom. The molecule has 0 bridgehead atoms. The minimum atomic E-state index is -5.08. The molecule has 0 saturated heterocycles. The molecular formula is C17H8F3NO2S. The fourth-order valence-corrected chi connectivity index (χ4v) is 3.99. The van der Waals surface area contributed by atoms with E-state index in [1.165, 1.54) is 11.3 Å². The lowest BCUT2D eigenvalue weighted by molar-refractivity contribution is -0.0886. The van der Waals surface area contributed by atoms with Gasteiger partial charge in [0.25, 0.3) is 11.3 Å². The Morgan fingerprint density at radius 1 is 1.04 bits per heavy atom. The molecule has 3 nitrogen and oxygen atoms in total. The van der Waals surface area contributed by atoms with Crippen molar-refractivity contribution in [2.45, 2.75) is 6.18 Å². The van der Waals surface area contributed by atoms with Gasteiger partial charge in [-0.25, -0.2) is 0 Å². The number of alkyl halides is 3. The van der Waals surface area contributed by atoms with Crippen molar-refractivity contribution < 1.29 is 18.0 Å². The molecule has 2 aromatic heterocycles. The number of carbonyl (C=O) groups excluding carboxylic acids is 1. The Morgan fingerprint density at radius 3 is 2.54 bits per heavy atom. The Balaban J connectivity index is 2.07. The van der Waals surface area contributed by atoms with E-state index in [2.05, 4.69) is 4.98 Å². The molecule has 24 heavy (non-hydrogen) atoms. The summed E-state index contributed by atoms with van der Waals surface area (Å²) in [5, 5.41) is 2.31. The lowest BCUT2D eigenvalue weighted by atomic mass is 10.1.